The van der Waals surface area contributed by atoms with E-state index in [1.807, 2.05) is 44.2 Å². The second-order valence-corrected chi connectivity index (χ2v) is 5.84. The molecule has 0 aliphatic carbocycles. The Morgan fingerprint density at radius 2 is 1.96 bits per heavy atom. The van der Waals surface area contributed by atoms with Crippen molar-refractivity contribution in [2.45, 2.75) is 25.7 Å². The van der Waals surface area contributed by atoms with E-state index in [-0.39, 0.29) is 6.04 Å². The molecule has 0 saturated carbocycles. The first-order valence-electron chi connectivity index (χ1n) is 7.65. The van der Waals surface area contributed by atoms with Gasteiger partial charge in [0.15, 0.2) is 0 Å². The van der Waals surface area contributed by atoms with Gasteiger partial charge in [-0.15, -0.1) is 0 Å². The van der Waals surface area contributed by atoms with E-state index in [0.717, 1.165) is 11.8 Å². The Bertz CT molecular complexity index is 787. The number of amidine groups is 1. The van der Waals surface area contributed by atoms with Crippen LogP contribution in [-0.4, -0.2) is 22.8 Å². The van der Waals surface area contributed by atoms with Crippen LogP contribution in [0.3, 0.4) is 0 Å². The van der Waals surface area contributed by atoms with Crippen molar-refractivity contribution in [2.24, 2.45) is 15.7 Å². The first-order chi connectivity index (χ1) is 11.5. The summed E-state index contributed by atoms with van der Waals surface area (Å²) in [6, 6.07) is 11.0. The average molecular weight is 326 g/mol. The summed E-state index contributed by atoms with van der Waals surface area (Å²) in [4.78, 5) is 12.8. The number of halogens is 1. The Morgan fingerprint density at radius 3 is 2.62 bits per heavy atom. The number of benzene rings is 1. The molecule has 6 nitrogen and oxygen atoms in total. The summed E-state index contributed by atoms with van der Waals surface area (Å²) in [5.74, 6) is -0.898. The highest BCUT2D eigenvalue weighted by molar-refractivity contribution is 6.07. The van der Waals surface area contributed by atoms with E-state index in [1.54, 1.807) is 0 Å². The minimum absolute atomic E-state index is 0.123. The zero-order chi connectivity index (χ0) is 17.2. The fraction of sp³-hybridized carbons (Fsp3) is 0.235. The average Bonchev–Trinajstić information content (AvgIpc) is 2.54. The molecule has 0 bridgehead atoms. The molecule has 1 aromatic heterocycles. The van der Waals surface area contributed by atoms with Crippen LogP contribution in [0.25, 0.3) is 0 Å². The molecule has 124 valence electrons. The Kier molecular flexibility index (Phi) is 4.26. The van der Waals surface area contributed by atoms with E-state index in [1.165, 1.54) is 12.3 Å². The molecule has 0 fully saturated rings. The predicted molar refractivity (Wildman–Crippen MR) is 91.9 cm³/mol. The standard InChI is InChI=1S/C17H19FN6/c1-11(2)21-16-22-15(12-6-4-3-5-7-12)23-17(19,24-16)13-8-14(18)10-20-9-13/h3-11H,19H2,1-2H3,(H2,21,22,23,24). The van der Waals surface area contributed by atoms with Crippen LogP contribution in [0, 0.1) is 5.82 Å². The zero-order valence-electron chi connectivity index (χ0n) is 13.5. The molecule has 1 atom stereocenters. The van der Waals surface area contributed by atoms with Crippen molar-refractivity contribution in [3.63, 3.8) is 0 Å². The number of aliphatic imine (C=N–C) groups is 2. The Morgan fingerprint density at radius 1 is 1.21 bits per heavy atom. The topological polar surface area (TPSA) is 87.7 Å². The van der Waals surface area contributed by atoms with Gasteiger partial charge >= 0.3 is 0 Å². The normalized spacial score (nSPS) is 20.2. The molecule has 1 unspecified atom stereocenters. The van der Waals surface area contributed by atoms with Crippen LogP contribution >= 0.6 is 0 Å². The van der Waals surface area contributed by atoms with Crippen LogP contribution < -0.4 is 16.4 Å². The summed E-state index contributed by atoms with van der Waals surface area (Å²) < 4.78 is 13.6. The first kappa shape index (κ1) is 16.1. The van der Waals surface area contributed by atoms with Gasteiger partial charge in [0.1, 0.15) is 11.7 Å². The number of nitrogens with one attached hydrogen (secondary N) is 2. The van der Waals surface area contributed by atoms with E-state index in [0.29, 0.717) is 17.4 Å². The molecule has 3 rings (SSSR count). The zero-order valence-corrected chi connectivity index (χ0v) is 13.5. The minimum Gasteiger partial charge on any atom is -0.352 e. The highest BCUT2D eigenvalue weighted by atomic mass is 19.1. The molecule has 2 aromatic rings. The Balaban J connectivity index is 2.05. The highest BCUT2D eigenvalue weighted by Gasteiger charge is 2.33. The van der Waals surface area contributed by atoms with Crippen LogP contribution in [0.2, 0.25) is 0 Å². The third-order valence-corrected chi connectivity index (χ3v) is 3.42. The van der Waals surface area contributed by atoms with Gasteiger partial charge in [-0.1, -0.05) is 30.3 Å². The molecule has 0 amide bonds. The first-order valence-corrected chi connectivity index (χ1v) is 7.65. The molecule has 0 radical (unpaired) electrons. The molecule has 1 aromatic carbocycles. The second-order valence-electron chi connectivity index (χ2n) is 5.84. The van der Waals surface area contributed by atoms with Gasteiger partial charge in [-0.25, -0.2) is 9.38 Å². The Hall–Kier alpha value is -2.80. The molecular weight excluding hydrogens is 307 g/mol. The van der Waals surface area contributed by atoms with E-state index < -0.39 is 11.6 Å². The third-order valence-electron chi connectivity index (χ3n) is 3.42. The lowest BCUT2D eigenvalue weighted by Gasteiger charge is -2.32. The smallest absolute Gasteiger partial charge is 0.223 e. The number of guanidine groups is 1. The summed E-state index contributed by atoms with van der Waals surface area (Å²) >= 11 is 0. The van der Waals surface area contributed by atoms with Gasteiger partial charge in [0.2, 0.25) is 11.7 Å². The van der Waals surface area contributed by atoms with Crippen molar-refractivity contribution in [1.82, 2.24) is 15.6 Å². The highest BCUT2D eigenvalue weighted by Crippen LogP contribution is 2.21. The molecular formula is C17H19FN6. The number of hydrogen-bond acceptors (Lipinski definition) is 6. The summed E-state index contributed by atoms with van der Waals surface area (Å²) in [7, 11) is 0. The van der Waals surface area contributed by atoms with E-state index >= 15 is 0 Å². The van der Waals surface area contributed by atoms with Crippen molar-refractivity contribution in [3.8, 4) is 0 Å². The molecule has 1 aliphatic rings. The maximum absolute atomic E-state index is 13.6. The third kappa shape index (κ3) is 3.41. The molecule has 4 N–H and O–H groups in total. The van der Waals surface area contributed by atoms with Crippen LogP contribution in [0.1, 0.15) is 25.0 Å². The summed E-state index contributed by atoms with van der Waals surface area (Å²) in [6.07, 6.45) is 2.61. The number of pyridine rings is 1. The van der Waals surface area contributed by atoms with Gasteiger partial charge in [-0.3, -0.25) is 10.7 Å². The van der Waals surface area contributed by atoms with Gasteiger partial charge in [0.25, 0.3) is 0 Å². The SMILES string of the molecule is CC(C)NC1=NC(N)(c2cncc(F)c2)NC(c2ccccc2)=N1. The van der Waals surface area contributed by atoms with Crippen LogP contribution in [-0.2, 0) is 5.79 Å². The summed E-state index contributed by atoms with van der Waals surface area (Å²) in [5, 5.41) is 6.24. The van der Waals surface area contributed by atoms with Crippen molar-refractivity contribution in [2.75, 3.05) is 0 Å². The molecule has 7 heteroatoms. The lowest BCUT2D eigenvalue weighted by Crippen LogP contribution is -2.56. The number of aromatic nitrogens is 1. The van der Waals surface area contributed by atoms with Gasteiger partial charge in [0, 0.05) is 23.4 Å². The van der Waals surface area contributed by atoms with Crippen molar-refractivity contribution in [3.05, 3.63) is 65.7 Å². The second kappa shape index (κ2) is 6.37. The Labute approximate surface area is 139 Å². The number of hydrogen-bond donors (Lipinski definition) is 3. The van der Waals surface area contributed by atoms with Crippen molar-refractivity contribution in [1.29, 1.82) is 0 Å². The van der Waals surface area contributed by atoms with Gasteiger partial charge < -0.3 is 10.6 Å². The molecule has 2 heterocycles. The van der Waals surface area contributed by atoms with E-state index in [4.69, 9.17) is 5.73 Å². The number of nitrogens with two attached hydrogens (primary N) is 1. The molecule has 1 aliphatic heterocycles. The molecule has 0 spiro atoms. The van der Waals surface area contributed by atoms with E-state index in [2.05, 4.69) is 25.6 Å². The summed E-state index contributed by atoms with van der Waals surface area (Å²) in [5.41, 5.74) is 7.68. The number of nitrogens with zero attached hydrogens (tertiary/aromatic N) is 3. The lowest BCUT2D eigenvalue weighted by molar-refractivity contribution is 0.418. The lowest BCUT2D eigenvalue weighted by atomic mass is 10.1. The predicted octanol–water partition coefficient (Wildman–Crippen LogP) is 1.69. The van der Waals surface area contributed by atoms with Crippen LogP contribution in [0.15, 0.2) is 58.8 Å². The van der Waals surface area contributed by atoms with Crippen molar-refractivity contribution < 1.29 is 4.39 Å². The van der Waals surface area contributed by atoms with Gasteiger partial charge in [0.05, 0.1) is 6.20 Å². The fourth-order valence-corrected chi connectivity index (χ4v) is 2.35. The molecule has 0 saturated heterocycles. The number of rotatable bonds is 3. The largest absolute Gasteiger partial charge is 0.352 e. The summed E-state index contributed by atoms with van der Waals surface area (Å²) in [6.45, 7) is 3.95. The van der Waals surface area contributed by atoms with Gasteiger partial charge in [-0.2, -0.15) is 4.99 Å². The molecule has 24 heavy (non-hydrogen) atoms. The van der Waals surface area contributed by atoms with Crippen LogP contribution in [0.5, 0.6) is 0 Å². The monoisotopic (exact) mass is 326 g/mol. The van der Waals surface area contributed by atoms with Gasteiger partial charge in [-0.05, 0) is 19.9 Å². The fourth-order valence-electron chi connectivity index (χ4n) is 2.35. The van der Waals surface area contributed by atoms with Crippen LogP contribution in [0.4, 0.5) is 4.39 Å². The van der Waals surface area contributed by atoms with E-state index in [9.17, 15) is 4.39 Å². The maximum atomic E-state index is 13.6. The maximum Gasteiger partial charge on any atom is 0.223 e. The quantitative estimate of drug-likeness (QED) is 0.801. The van der Waals surface area contributed by atoms with Crippen molar-refractivity contribution >= 4 is 11.8 Å². The minimum atomic E-state index is -1.36.